The number of hydrogen-bond donors (Lipinski definition) is 1. The Bertz CT molecular complexity index is 700. The van der Waals surface area contributed by atoms with Gasteiger partial charge in [-0.25, -0.2) is 0 Å². The predicted molar refractivity (Wildman–Crippen MR) is 94.6 cm³/mol. The van der Waals surface area contributed by atoms with Gasteiger partial charge in [-0.05, 0) is 45.5 Å². The van der Waals surface area contributed by atoms with Crippen molar-refractivity contribution >= 4 is 5.91 Å². The molecule has 5 nitrogen and oxygen atoms in total. The van der Waals surface area contributed by atoms with E-state index in [-0.39, 0.29) is 11.9 Å². The van der Waals surface area contributed by atoms with Gasteiger partial charge in [0.25, 0.3) is 0 Å². The number of likely N-dealkylation sites (N-methyl/N-ethyl adjacent to an activating group) is 2. The number of H-pyrrole nitrogens is 1. The molecule has 1 aliphatic carbocycles. The third-order valence-electron chi connectivity index (χ3n) is 4.57. The molecular weight excluding hydrogens is 300 g/mol. The number of aromatic amines is 1. The summed E-state index contributed by atoms with van der Waals surface area (Å²) in [6, 6.07) is 9.99. The molecule has 1 aliphatic rings. The third-order valence-corrected chi connectivity index (χ3v) is 4.57. The van der Waals surface area contributed by atoms with Gasteiger partial charge in [0.15, 0.2) is 0 Å². The van der Waals surface area contributed by atoms with Crippen LogP contribution in [0.3, 0.4) is 0 Å². The third kappa shape index (κ3) is 3.67. The Morgan fingerprint density at radius 1 is 1.25 bits per heavy atom. The first-order chi connectivity index (χ1) is 11.5. The lowest BCUT2D eigenvalue weighted by Crippen LogP contribution is -2.38. The molecule has 1 heterocycles. The summed E-state index contributed by atoms with van der Waals surface area (Å²) in [5.41, 5.74) is 4.34. The Hall–Kier alpha value is -2.14. The number of nitrogens with one attached hydrogen (secondary N) is 1. The molecule has 1 aromatic carbocycles. The van der Waals surface area contributed by atoms with E-state index in [2.05, 4.69) is 35.3 Å². The van der Waals surface area contributed by atoms with Gasteiger partial charge in [-0.15, -0.1) is 0 Å². The second-order valence-electron chi connectivity index (χ2n) is 7.06. The summed E-state index contributed by atoms with van der Waals surface area (Å²) < 4.78 is 0. The number of hydrogen-bond acceptors (Lipinski definition) is 3. The van der Waals surface area contributed by atoms with Gasteiger partial charge in [0.05, 0.1) is 17.9 Å². The van der Waals surface area contributed by atoms with Crippen molar-refractivity contribution in [3.63, 3.8) is 0 Å². The molecule has 0 aliphatic heterocycles. The van der Waals surface area contributed by atoms with E-state index in [1.54, 1.807) is 4.90 Å². The van der Waals surface area contributed by atoms with E-state index in [0.29, 0.717) is 12.5 Å². The second-order valence-corrected chi connectivity index (χ2v) is 7.06. The van der Waals surface area contributed by atoms with Gasteiger partial charge in [-0.2, -0.15) is 5.10 Å². The van der Waals surface area contributed by atoms with Crippen LogP contribution in [-0.4, -0.2) is 47.0 Å². The van der Waals surface area contributed by atoms with Crippen molar-refractivity contribution in [3.05, 3.63) is 52.8 Å². The number of aromatic nitrogens is 2. The largest absolute Gasteiger partial charge is 0.338 e. The summed E-state index contributed by atoms with van der Waals surface area (Å²) in [5, 5.41) is 7.44. The summed E-state index contributed by atoms with van der Waals surface area (Å²) in [7, 11) is 5.74. The van der Waals surface area contributed by atoms with Crippen LogP contribution in [0, 0.1) is 6.92 Å². The van der Waals surface area contributed by atoms with E-state index in [1.165, 1.54) is 18.4 Å². The molecule has 5 heteroatoms. The zero-order chi connectivity index (χ0) is 17.3. The fraction of sp³-hybridized carbons (Fsp3) is 0.474. The van der Waals surface area contributed by atoms with Gasteiger partial charge in [-0.3, -0.25) is 14.8 Å². The lowest BCUT2D eigenvalue weighted by atomic mass is 10.0. The average Bonchev–Trinajstić information content (AvgIpc) is 3.29. The molecule has 1 fully saturated rings. The van der Waals surface area contributed by atoms with E-state index in [1.807, 2.05) is 38.2 Å². The van der Waals surface area contributed by atoms with Gasteiger partial charge < -0.3 is 4.90 Å². The number of rotatable bonds is 6. The summed E-state index contributed by atoms with van der Waals surface area (Å²) in [5.74, 6) is 0.713. The molecule has 24 heavy (non-hydrogen) atoms. The predicted octanol–water partition coefficient (Wildman–Crippen LogP) is 2.86. The van der Waals surface area contributed by atoms with Crippen LogP contribution in [0.4, 0.5) is 0 Å². The first-order valence-electron chi connectivity index (χ1n) is 8.48. The van der Waals surface area contributed by atoms with Crippen LogP contribution in [0.25, 0.3) is 0 Å². The van der Waals surface area contributed by atoms with E-state index < -0.39 is 0 Å². The number of carbonyl (C=O) groups excluding carboxylic acids is 1. The molecule has 1 saturated carbocycles. The Balaban J connectivity index is 1.72. The topological polar surface area (TPSA) is 52.2 Å². The van der Waals surface area contributed by atoms with Gasteiger partial charge in [0.2, 0.25) is 5.91 Å². The van der Waals surface area contributed by atoms with E-state index >= 15 is 0 Å². The summed E-state index contributed by atoms with van der Waals surface area (Å²) in [4.78, 5) is 16.7. The average molecular weight is 326 g/mol. The Kier molecular flexibility index (Phi) is 4.71. The maximum absolute atomic E-state index is 13.0. The van der Waals surface area contributed by atoms with Crippen molar-refractivity contribution in [2.75, 3.05) is 21.1 Å². The normalized spacial score (nSPS) is 15.5. The van der Waals surface area contributed by atoms with Crippen LogP contribution in [0.1, 0.15) is 47.3 Å². The lowest BCUT2D eigenvalue weighted by molar-refractivity contribution is -0.135. The molecule has 0 spiro atoms. The fourth-order valence-electron chi connectivity index (χ4n) is 3.00. The fourth-order valence-corrected chi connectivity index (χ4v) is 3.00. The Morgan fingerprint density at radius 2 is 1.92 bits per heavy atom. The minimum absolute atomic E-state index is 0.0893. The maximum Gasteiger partial charge on any atom is 0.244 e. The number of aryl methyl sites for hydroxylation is 1. The number of benzene rings is 1. The highest BCUT2D eigenvalue weighted by molar-refractivity contribution is 5.83. The van der Waals surface area contributed by atoms with Gasteiger partial charge >= 0.3 is 0 Å². The van der Waals surface area contributed by atoms with Crippen molar-refractivity contribution in [1.29, 1.82) is 0 Å². The van der Waals surface area contributed by atoms with Crippen molar-refractivity contribution < 1.29 is 4.79 Å². The highest BCUT2D eigenvalue weighted by Gasteiger charge is 2.28. The molecule has 1 aromatic heterocycles. The summed E-state index contributed by atoms with van der Waals surface area (Å²) in [6.45, 7) is 2.60. The quantitative estimate of drug-likeness (QED) is 0.888. The molecular formula is C19H26N4O. The molecule has 2 aromatic rings. The molecule has 0 radical (unpaired) electrons. The Labute approximate surface area is 143 Å². The first kappa shape index (κ1) is 16.7. The molecule has 0 saturated heterocycles. The smallest absolute Gasteiger partial charge is 0.244 e. The van der Waals surface area contributed by atoms with Crippen LogP contribution >= 0.6 is 0 Å². The monoisotopic (exact) mass is 326 g/mol. The number of amides is 1. The van der Waals surface area contributed by atoms with Crippen molar-refractivity contribution in [2.45, 2.75) is 38.3 Å². The highest BCUT2D eigenvalue weighted by atomic mass is 16.2. The first-order valence-corrected chi connectivity index (χ1v) is 8.48. The van der Waals surface area contributed by atoms with E-state index in [4.69, 9.17) is 0 Å². The van der Waals surface area contributed by atoms with Crippen LogP contribution in [0.15, 0.2) is 30.3 Å². The van der Waals surface area contributed by atoms with Crippen molar-refractivity contribution in [3.8, 4) is 0 Å². The highest BCUT2D eigenvalue weighted by Crippen LogP contribution is 2.39. The van der Waals surface area contributed by atoms with Crippen molar-refractivity contribution in [1.82, 2.24) is 20.0 Å². The van der Waals surface area contributed by atoms with E-state index in [0.717, 1.165) is 17.0 Å². The lowest BCUT2D eigenvalue weighted by Gasteiger charge is -2.28. The minimum Gasteiger partial charge on any atom is -0.338 e. The standard InChI is InChI=1S/C19H26N4O/c1-13-5-7-15(8-6-13)18(22(2)3)19(24)23(4)12-16-11-17(21-20-16)14-9-10-14/h5-8,11,14,18H,9-10,12H2,1-4H3,(H,20,21). The van der Waals surface area contributed by atoms with Gasteiger partial charge in [0.1, 0.15) is 6.04 Å². The molecule has 1 N–H and O–H groups in total. The molecule has 1 unspecified atom stereocenters. The van der Waals surface area contributed by atoms with E-state index in [9.17, 15) is 4.79 Å². The Morgan fingerprint density at radius 3 is 2.50 bits per heavy atom. The molecule has 1 atom stereocenters. The maximum atomic E-state index is 13.0. The zero-order valence-corrected chi connectivity index (χ0v) is 14.9. The minimum atomic E-state index is -0.276. The molecule has 128 valence electrons. The van der Waals surface area contributed by atoms with Crippen LogP contribution in [0.2, 0.25) is 0 Å². The van der Waals surface area contributed by atoms with Crippen molar-refractivity contribution in [2.24, 2.45) is 0 Å². The summed E-state index contributed by atoms with van der Waals surface area (Å²) in [6.07, 6.45) is 2.46. The van der Waals surface area contributed by atoms with Crippen LogP contribution in [0.5, 0.6) is 0 Å². The van der Waals surface area contributed by atoms with Gasteiger partial charge in [-0.1, -0.05) is 29.8 Å². The molecule has 3 rings (SSSR count). The van der Waals surface area contributed by atoms with Gasteiger partial charge in [0, 0.05) is 13.0 Å². The number of carbonyl (C=O) groups is 1. The summed E-state index contributed by atoms with van der Waals surface area (Å²) >= 11 is 0. The molecule has 0 bridgehead atoms. The second kappa shape index (κ2) is 6.77. The van der Waals surface area contributed by atoms with Crippen LogP contribution in [-0.2, 0) is 11.3 Å². The van der Waals surface area contributed by atoms with Crippen LogP contribution < -0.4 is 0 Å². The number of nitrogens with zero attached hydrogens (tertiary/aromatic N) is 3. The zero-order valence-electron chi connectivity index (χ0n) is 14.9. The SMILES string of the molecule is Cc1ccc(C(C(=O)N(C)Cc2cc(C3CC3)n[nH]2)N(C)C)cc1. The molecule has 1 amide bonds.